The fourth-order valence-corrected chi connectivity index (χ4v) is 1.44. The summed E-state index contributed by atoms with van der Waals surface area (Å²) in [4.78, 5) is 22.2. The molecule has 1 fully saturated rings. The molecule has 0 spiro atoms. The third kappa shape index (κ3) is 1.63. The Bertz CT molecular complexity index is 174. The Morgan fingerprint density at radius 3 is 2.55 bits per heavy atom. The van der Waals surface area contributed by atoms with E-state index in [-0.39, 0.29) is 0 Å². The maximum atomic E-state index is 10.6. The molecule has 0 aromatic heterocycles. The first kappa shape index (κ1) is 8.33. The van der Waals surface area contributed by atoms with Crippen LogP contribution in [0.5, 0.6) is 0 Å². The van der Waals surface area contributed by atoms with Gasteiger partial charge in [-0.25, -0.2) is 4.79 Å². The number of halogens is 1. The van der Waals surface area contributed by atoms with Crippen LogP contribution in [0.25, 0.3) is 0 Å². The predicted octanol–water partition coefficient (Wildman–Crippen LogP) is 0.894. The SMILES string of the molecule is O=C(O)C1CCCN1C(=O)Cl. The van der Waals surface area contributed by atoms with E-state index in [9.17, 15) is 9.59 Å². The van der Waals surface area contributed by atoms with Crippen LogP contribution in [0.3, 0.4) is 0 Å². The average molecular weight is 178 g/mol. The highest BCUT2D eigenvalue weighted by molar-refractivity contribution is 6.63. The third-order valence-electron chi connectivity index (χ3n) is 1.76. The number of hydrogen-bond acceptors (Lipinski definition) is 2. The minimum Gasteiger partial charge on any atom is -0.480 e. The molecule has 1 amide bonds. The highest BCUT2D eigenvalue weighted by Crippen LogP contribution is 2.18. The van der Waals surface area contributed by atoms with Gasteiger partial charge >= 0.3 is 11.3 Å². The number of carboxylic acids is 1. The molecule has 5 heteroatoms. The number of carbonyl (C=O) groups is 2. The monoisotopic (exact) mass is 177 g/mol. The lowest BCUT2D eigenvalue weighted by Crippen LogP contribution is -2.37. The van der Waals surface area contributed by atoms with Crippen LogP contribution in [0.4, 0.5) is 4.79 Å². The molecule has 1 aliphatic rings. The Balaban J connectivity index is 2.65. The second kappa shape index (κ2) is 3.09. The molecule has 0 bridgehead atoms. The van der Waals surface area contributed by atoms with Crippen molar-refractivity contribution in [1.82, 2.24) is 4.90 Å². The van der Waals surface area contributed by atoms with Crippen LogP contribution in [0, 0.1) is 0 Å². The summed E-state index contributed by atoms with van der Waals surface area (Å²) in [6.45, 7) is 0.458. The van der Waals surface area contributed by atoms with Gasteiger partial charge in [0.1, 0.15) is 6.04 Å². The van der Waals surface area contributed by atoms with E-state index in [0.29, 0.717) is 13.0 Å². The first-order chi connectivity index (χ1) is 5.13. The Morgan fingerprint density at radius 1 is 1.55 bits per heavy atom. The lowest BCUT2D eigenvalue weighted by molar-refractivity contribution is -0.141. The third-order valence-corrected chi connectivity index (χ3v) is 1.98. The van der Waals surface area contributed by atoms with E-state index in [4.69, 9.17) is 16.7 Å². The molecule has 0 radical (unpaired) electrons. The van der Waals surface area contributed by atoms with Crippen molar-refractivity contribution < 1.29 is 14.7 Å². The Kier molecular flexibility index (Phi) is 2.34. The Hall–Kier alpha value is -0.770. The highest BCUT2D eigenvalue weighted by Gasteiger charge is 2.32. The number of rotatable bonds is 1. The van der Waals surface area contributed by atoms with Crippen molar-refractivity contribution in [2.75, 3.05) is 6.54 Å². The zero-order valence-electron chi connectivity index (χ0n) is 5.79. The molecule has 1 rings (SSSR count). The standard InChI is InChI=1S/C6H8ClNO3/c7-6(11)8-3-1-2-4(8)5(9)10/h4H,1-3H2,(H,9,10). The van der Waals surface area contributed by atoms with Gasteiger partial charge in [0.15, 0.2) is 0 Å². The quantitative estimate of drug-likeness (QED) is 0.478. The van der Waals surface area contributed by atoms with Crippen molar-refractivity contribution in [3.8, 4) is 0 Å². The van der Waals surface area contributed by atoms with Crippen LogP contribution in [0.15, 0.2) is 0 Å². The molecule has 0 aliphatic carbocycles. The highest BCUT2D eigenvalue weighted by atomic mass is 35.5. The van der Waals surface area contributed by atoms with E-state index < -0.39 is 17.4 Å². The number of amides is 1. The van der Waals surface area contributed by atoms with Gasteiger partial charge in [-0.3, -0.25) is 4.79 Å². The van der Waals surface area contributed by atoms with Gasteiger partial charge in [0.2, 0.25) is 0 Å². The largest absolute Gasteiger partial charge is 0.480 e. The number of likely N-dealkylation sites (tertiary alicyclic amines) is 1. The molecule has 62 valence electrons. The van der Waals surface area contributed by atoms with Gasteiger partial charge in [-0.05, 0) is 24.4 Å². The van der Waals surface area contributed by atoms with Gasteiger partial charge in [0.05, 0.1) is 0 Å². The zero-order valence-corrected chi connectivity index (χ0v) is 6.54. The minimum absolute atomic E-state index is 0.458. The van der Waals surface area contributed by atoms with Crippen LogP contribution >= 0.6 is 11.6 Å². The summed E-state index contributed by atoms with van der Waals surface area (Å²) in [6, 6.07) is -0.708. The average Bonchev–Trinajstić information content (AvgIpc) is 2.32. The van der Waals surface area contributed by atoms with Crippen LogP contribution < -0.4 is 0 Å². The molecule has 0 aromatic carbocycles. The van der Waals surface area contributed by atoms with E-state index >= 15 is 0 Å². The summed E-state index contributed by atoms with van der Waals surface area (Å²) >= 11 is 5.15. The maximum Gasteiger partial charge on any atom is 0.326 e. The van der Waals surface area contributed by atoms with Gasteiger partial charge in [0.25, 0.3) is 0 Å². The molecule has 1 unspecified atom stereocenters. The number of carboxylic acid groups (broad SMARTS) is 1. The number of nitrogens with zero attached hydrogens (tertiary/aromatic N) is 1. The van der Waals surface area contributed by atoms with Crippen LogP contribution in [-0.2, 0) is 4.79 Å². The summed E-state index contributed by atoms with van der Waals surface area (Å²) in [5.74, 6) is -0.975. The number of hydrogen-bond donors (Lipinski definition) is 1. The molecular formula is C6H8ClNO3. The second-order valence-electron chi connectivity index (χ2n) is 2.44. The predicted molar refractivity (Wildman–Crippen MR) is 38.6 cm³/mol. The van der Waals surface area contributed by atoms with Gasteiger partial charge in [-0.15, -0.1) is 0 Å². The minimum atomic E-state index is -0.975. The summed E-state index contributed by atoms with van der Waals surface area (Å²) in [5.41, 5.74) is 0. The second-order valence-corrected chi connectivity index (χ2v) is 2.77. The Morgan fingerprint density at radius 2 is 2.18 bits per heavy atom. The van der Waals surface area contributed by atoms with Crippen molar-refractivity contribution in [1.29, 1.82) is 0 Å². The van der Waals surface area contributed by atoms with Gasteiger partial charge in [-0.1, -0.05) is 0 Å². The molecule has 0 aromatic rings. The molecule has 4 nitrogen and oxygen atoms in total. The molecule has 1 heterocycles. The fourth-order valence-electron chi connectivity index (χ4n) is 1.23. The summed E-state index contributed by atoms with van der Waals surface area (Å²) in [7, 11) is 0. The van der Waals surface area contributed by atoms with Crippen LogP contribution in [0.1, 0.15) is 12.8 Å². The molecule has 1 saturated heterocycles. The van der Waals surface area contributed by atoms with E-state index in [1.165, 1.54) is 4.90 Å². The fraction of sp³-hybridized carbons (Fsp3) is 0.667. The van der Waals surface area contributed by atoms with Gasteiger partial charge in [-0.2, -0.15) is 0 Å². The van der Waals surface area contributed by atoms with E-state index in [0.717, 1.165) is 6.42 Å². The normalized spacial score (nSPS) is 23.7. The first-order valence-electron chi connectivity index (χ1n) is 3.32. The van der Waals surface area contributed by atoms with Crippen molar-refractivity contribution in [2.45, 2.75) is 18.9 Å². The van der Waals surface area contributed by atoms with Crippen molar-refractivity contribution in [3.63, 3.8) is 0 Å². The molecule has 0 saturated carbocycles. The topological polar surface area (TPSA) is 57.6 Å². The summed E-state index contributed by atoms with van der Waals surface area (Å²) < 4.78 is 0. The summed E-state index contributed by atoms with van der Waals surface area (Å²) in [6.07, 6.45) is 1.23. The lowest BCUT2D eigenvalue weighted by Gasteiger charge is -2.17. The van der Waals surface area contributed by atoms with Gasteiger partial charge in [0, 0.05) is 6.54 Å². The smallest absolute Gasteiger partial charge is 0.326 e. The summed E-state index contributed by atoms with van der Waals surface area (Å²) in [5, 5.41) is 7.91. The van der Waals surface area contributed by atoms with Crippen molar-refractivity contribution in [2.24, 2.45) is 0 Å². The molecule has 11 heavy (non-hydrogen) atoms. The molecule has 1 atom stereocenters. The zero-order chi connectivity index (χ0) is 8.43. The molecule has 1 aliphatic heterocycles. The van der Waals surface area contributed by atoms with Crippen LogP contribution in [-0.4, -0.2) is 33.9 Å². The molecule has 1 N–H and O–H groups in total. The van der Waals surface area contributed by atoms with Crippen molar-refractivity contribution >= 4 is 22.9 Å². The first-order valence-corrected chi connectivity index (χ1v) is 3.69. The maximum absolute atomic E-state index is 10.6. The van der Waals surface area contributed by atoms with E-state index in [1.807, 2.05) is 0 Å². The van der Waals surface area contributed by atoms with Gasteiger partial charge < -0.3 is 10.0 Å². The van der Waals surface area contributed by atoms with Crippen molar-refractivity contribution in [3.05, 3.63) is 0 Å². The molecular weight excluding hydrogens is 170 g/mol. The van der Waals surface area contributed by atoms with Crippen LogP contribution in [0.2, 0.25) is 0 Å². The van der Waals surface area contributed by atoms with E-state index in [2.05, 4.69) is 0 Å². The van der Waals surface area contributed by atoms with E-state index in [1.54, 1.807) is 0 Å². The number of aliphatic carboxylic acids is 1. The Labute approximate surface area is 68.7 Å². The lowest BCUT2D eigenvalue weighted by atomic mass is 10.2. The number of carbonyl (C=O) groups excluding carboxylic acids is 1.